The number of pyridine rings is 1. The van der Waals surface area contributed by atoms with Crippen molar-refractivity contribution in [3.63, 3.8) is 0 Å². The van der Waals surface area contributed by atoms with Crippen molar-refractivity contribution in [3.05, 3.63) is 71.4 Å². The Bertz CT molecular complexity index is 1150. The first-order valence-electron chi connectivity index (χ1n) is 12.0. The van der Waals surface area contributed by atoms with Gasteiger partial charge in [-0.3, -0.25) is 9.59 Å². The second-order valence-electron chi connectivity index (χ2n) is 8.98. The van der Waals surface area contributed by atoms with Crippen LogP contribution < -0.4 is 10.6 Å². The van der Waals surface area contributed by atoms with E-state index in [2.05, 4.69) is 15.6 Å². The molecule has 2 aromatic heterocycles. The predicted molar refractivity (Wildman–Crippen MR) is 131 cm³/mol. The summed E-state index contributed by atoms with van der Waals surface area (Å²) in [6, 6.07) is 12.2. The number of hydrogen-bond donors (Lipinski definition) is 3. The summed E-state index contributed by atoms with van der Waals surface area (Å²) in [5.74, 6) is 0.179. The highest BCUT2D eigenvalue weighted by atomic mass is 19.1. The van der Waals surface area contributed by atoms with Crippen LogP contribution in [0.15, 0.2) is 53.1 Å². The lowest BCUT2D eigenvalue weighted by Gasteiger charge is -2.31. The molecule has 0 spiro atoms. The van der Waals surface area contributed by atoms with Gasteiger partial charge in [-0.05, 0) is 68.1 Å². The van der Waals surface area contributed by atoms with E-state index in [4.69, 9.17) is 9.52 Å². The van der Waals surface area contributed by atoms with Crippen molar-refractivity contribution >= 4 is 17.6 Å². The molecule has 7 nitrogen and oxygen atoms in total. The van der Waals surface area contributed by atoms with E-state index in [0.717, 1.165) is 29.9 Å². The quantitative estimate of drug-likeness (QED) is 0.362. The second kappa shape index (κ2) is 11.2. The number of carboxylic acid groups (broad SMARTS) is 1. The third-order valence-corrected chi connectivity index (χ3v) is 6.49. The summed E-state index contributed by atoms with van der Waals surface area (Å²) in [6.07, 6.45) is 6.89. The zero-order chi connectivity index (χ0) is 24.8. The number of furan rings is 1. The van der Waals surface area contributed by atoms with Crippen molar-refractivity contribution in [2.24, 2.45) is 5.92 Å². The first-order valence-corrected chi connectivity index (χ1v) is 12.0. The van der Waals surface area contributed by atoms with E-state index < -0.39 is 11.8 Å². The molecule has 0 bridgehead atoms. The molecule has 1 aliphatic carbocycles. The molecule has 1 fully saturated rings. The molecule has 1 saturated carbocycles. The molecule has 0 radical (unpaired) electrons. The molecule has 1 amide bonds. The Morgan fingerprint density at radius 2 is 1.89 bits per heavy atom. The average Bonchev–Trinajstić information content (AvgIpc) is 3.24. The van der Waals surface area contributed by atoms with Gasteiger partial charge < -0.3 is 20.2 Å². The zero-order valence-electron chi connectivity index (χ0n) is 19.7. The number of aromatic nitrogens is 1. The fourth-order valence-electron chi connectivity index (χ4n) is 4.65. The van der Waals surface area contributed by atoms with Crippen LogP contribution in [0.4, 0.5) is 10.1 Å². The van der Waals surface area contributed by atoms with E-state index in [-0.39, 0.29) is 24.9 Å². The number of carboxylic acids is 1. The van der Waals surface area contributed by atoms with Crippen LogP contribution in [-0.4, -0.2) is 28.5 Å². The molecular weight excluding hydrogens is 449 g/mol. The Morgan fingerprint density at radius 1 is 1.14 bits per heavy atom. The topological polar surface area (TPSA) is 104 Å². The van der Waals surface area contributed by atoms with Crippen LogP contribution in [0.2, 0.25) is 0 Å². The number of nitrogens with one attached hydrogen (secondary N) is 2. The number of carbonyl (C=O) groups excluding carboxylic acids is 1. The summed E-state index contributed by atoms with van der Waals surface area (Å²) in [7, 11) is 0. The summed E-state index contributed by atoms with van der Waals surface area (Å²) in [6.45, 7) is 2.02. The van der Waals surface area contributed by atoms with E-state index in [1.165, 1.54) is 31.5 Å². The number of carbonyl (C=O) groups is 2. The highest BCUT2D eigenvalue weighted by Gasteiger charge is 2.28. The molecule has 4 rings (SSSR count). The summed E-state index contributed by atoms with van der Waals surface area (Å²) >= 11 is 0. The van der Waals surface area contributed by atoms with Crippen LogP contribution in [0.5, 0.6) is 0 Å². The number of aliphatic carboxylic acids is 1. The largest absolute Gasteiger partial charge is 0.481 e. The molecule has 1 aromatic carbocycles. The maximum Gasteiger partial charge on any atom is 0.305 e. The number of anilines is 1. The van der Waals surface area contributed by atoms with Gasteiger partial charge in [0.05, 0.1) is 18.7 Å². The van der Waals surface area contributed by atoms with E-state index in [1.807, 2.05) is 25.1 Å². The van der Waals surface area contributed by atoms with E-state index in [9.17, 15) is 14.0 Å². The number of amides is 1. The molecule has 1 atom stereocenters. The molecular formula is C27H30FN3O4. The first kappa shape index (κ1) is 24.4. The zero-order valence-corrected chi connectivity index (χ0v) is 19.7. The number of benzene rings is 1. The van der Waals surface area contributed by atoms with Crippen molar-refractivity contribution in [1.29, 1.82) is 0 Å². The third kappa shape index (κ3) is 6.26. The highest BCUT2D eigenvalue weighted by Crippen LogP contribution is 2.40. The number of hydrogen-bond acceptors (Lipinski definition) is 5. The minimum Gasteiger partial charge on any atom is -0.481 e. The van der Waals surface area contributed by atoms with Crippen molar-refractivity contribution in [2.75, 3.05) is 11.9 Å². The third-order valence-electron chi connectivity index (χ3n) is 6.49. The smallest absolute Gasteiger partial charge is 0.305 e. The van der Waals surface area contributed by atoms with Gasteiger partial charge in [-0.1, -0.05) is 19.3 Å². The fraction of sp³-hybridized carbons (Fsp3) is 0.370. The van der Waals surface area contributed by atoms with Gasteiger partial charge in [0.2, 0.25) is 0 Å². The molecule has 3 aromatic rings. The van der Waals surface area contributed by atoms with Crippen LogP contribution in [-0.2, 0) is 4.79 Å². The van der Waals surface area contributed by atoms with Crippen LogP contribution >= 0.6 is 0 Å². The van der Waals surface area contributed by atoms with Crippen LogP contribution in [0.1, 0.15) is 66.2 Å². The van der Waals surface area contributed by atoms with E-state index in [1.54, 1.807) is 18.2 Å². The normalized spacial score (nSPS) is 14.9. The van der Waals surface area contributed by atoms with Gasteiger partial charge in [0.25, 0.3) is 5.91 Å². The van der Waals surface area contributed by atoms with Crippen molar-refractivity contribution in [3.8, 4) is 11.5 Å². The van der Waals surface area contributed by atoms with Crippen LogP contribution in [0, 0.1) is 18.7 Å². The van der Waals surface area contributed by atoms with Gasteiger partial charge in [-0.2, -0.15) is 0 Å². The average molecular weight is 480 g/mol. The number of halogens is 1. The Morgan fingerprint density at radius 3 is 2.54 bits per heavy atom. The van der Waals surface area contributed by atoms with Gasteiger partial charge >= 0.3 is 5.97 Å². The Balaban J connectivity index is 1.54. The van der Waals surface area contributed by atoms with Gasteiger partial charge in [0, 0.05) is 23.4 Å². The summed E-state index contributed by atoms with van der Waals surface area (Å²) in [5.41, 5.74) is 2.99. The number of aryl methyl sites for hydroxylation is 1. The van der Waals surface area contributed by atoms with E-state index >= 15 is 0 Å². The lowest BCUT2D eigenvalue weighted by Crippen LogP contribution is -2.26. The molecule has 1 aliphatic rings. The lowest BCUT2D eigenvalue weighted by molar-refractivity contribution is -0.136. The second-order valence-corrected chi connectivity index (χ2v) is 8.98. The number of rotatable bonds is 9. The Hall–Kier alpha value is -3.68. The molecule has 3 N–H and O–H groups in total. The predicted octanol–water partition coefficient (Wildman–Crippen LogP) is 5.73. The van der Waals surface area contributed by atoms with Crippen molar-refractivity contribution < 1.29 is 23.5 Å². The van der Waals surface area contributed by atoms with Gasteiger partial charge in [0.15, 0.2) is 5.76 Å². The molecule has 8 heteroatoms. The van der Waals surface area contributed by atoms with Crippen molar-refractivity contribution in [1.82, 2.24) is 10.3 Å². The van der Waals surface area contributed by atoms with Gasteiger partial charge in [-0.15, -0.1) is 0 Å². The summed E-state index contributed by atoms with van der Waals surface area (Å²) in [4.78, 5) is 27.1. The number of nitrogens with zero attached hydrogens (tertiary/aromatic N) is 1. The van der Waals surface area contributed by atoms with Crippen LogP contribution in [0.3, 0.4) is 0 Å². The van der Waals surface area contributed by atoms with Crippen LogP contribution in [0.25, 0.3) is 11.5 Å². The maximum atomic E-state index is 13.3. The molecule has 2 heterocycles. The van der Waals surface area contributed by atoms with Gasteiger partial charge in [-0.25, -0.2) is 9.37 Å². The molecule has 0 aliphatic heterocycles. The van der Waals surface area contributed by atoms with E-state index in [0.29, 0.717) is 22.9 Å². The summed E-state index contributed by atoms with van der Waals surface area (Å²) in [5, 5.41) is 15.0. The first-order chi connectivity index (χ1) is 16.9. The summed E-state index contributed by atoms with van der Waals surface area (Å²) < 4.78 is 19.4. The minimum absolute atomic E-state index is 0.0171. The lowest BCUT2D eigenvalue weighted by atomic mass is 9.81. The molecule has 184 valence electrons. The molecule has 0 saturated heterocycles. The van der Waals surface area contributed by atoms with Gasteiger partial charge in [0.1, 0.15) is 17.3 Å². The Kier molecular flexibility index (Phi) is 7.80. The highest BCUT2D eigenvalue weighted by molar-refractivity contribution is 5.94. The minimum atomic E-state index is -0.952. The molecule has 1 unspecified atom stereocenters. The Labute approximate surface area is 203 Å². The maximum absolute atomic E-state index is 13.3. The standard InChI is InChI=1S/C27H30FN3O4/c1-17-22(15-24(35-17)23-12-9-20(28)16-30-23)26(18-5-3-2-4-6-18)31-21-10-7-19(8-11-21)27(34)29-14-13-25(32)33/h7-12,15-16,18,26,31H,2-6,13-14H2,1H3,(H,29,34)(H,32,33). The SMILES string of the molecule is Cc1oc(-c2ccc(F)cn2)cc1C(Nc1ccc(C(=O)NCCC(=O)O)cc1)C1CCCCC1. The fourth-order valence-corrected chi connectivity index (χ4v) is 4.65. The molecule has 35 heavy (non-hydrogen) atoms. The monoisotopic (exact) mass is 479 g/mol. The van der Waals surface area contributed by atoms with Crippen molar-refractivity contribution in [2.45, 2.75) is 51.5 Å².